The zero-order valence-electron chi connectivity index (χ0n) is 15.9. The maximum Gasteiger partial charge on any atom is 0.191 e. The lowest BCUT2D eigenvalue weighted by atomic mass is 10.2. The number of rotatable bonds is 9. The molecule has 2 N–H and O–H groups in total. The summed E-state index contributed by atoms with van der Waals surface area (Å²) in [6.45, 7) is 5.73. The third-order valence-electron chi connectivity index (χ3n) is 4.67. The van der Waals surface area contributed by atoms with Crippen LogP contribution in [0.15, 0.2) is 29.3 Å². The van der Waals surface area contributed by atoms with Crippen molar-refractivity contribution >= 4 is 5.96 Å². The minimum atomic E-state index is 0.170. The molecule has 0 spiro atoms. The van der Waals surface area contributed by atoms with Gasteiger partial charge in [-0.1, -0.05) is 18.2 Å². The third-order valence-corrected chi connectivity index (χ3v) is 4.67. The number of para-hydroxylation sites is 1. The summed E-state index contributed by atoms with van der Waals surface area (Å²) in [6.07, 6.45) is 3.80. The molecule has 1 aromatic carbocycles. The highest BCUT2D eigenvalue weighted by Gasteiger charge is 2.22. The maximum absolute atomic E-state index is 5.97. The third kappa shape index (κ3) is 6.18. The van der Waals surface area contributed by atoms with Crippen LogP contribution >= 0.6 is 0 Å². The zero-order valence-corrected chi connectivity index (χ0v) is 15.9. The lowest BCUT2D eigenvalue weighted by Gasteiger charge is -2.20. The first-order valence-corrected chi connectivity index (χ1v) is 9.62. The summed E-state index contributed by atoms with van der Waals surface area (Å²) in [7, 11) is 1.78. The van der Waals surface area contributed by atoms with E-state index in [1.54, 1.807) is 7.05 Å². The number of nitrogens with one attached hydrogen (secondary N) is 2. The fourth-order valence-corrected chi connectivity index (χ4v) is 2.86. The molecule has 1 aliphatic heterocycles. The van der Waals surface area contributed by atoms with Crippen molar-refractivity contribution in [2.45, 2.75) is 44.9 Å². The van der Waals surface area contributed by atoms with E-state index >= 15 is 0 Å². The van der Waals surface area contributed by atoms with Crippen LogP contribution in [0.5, 0.6) is 5.75 Å². The molecule has 1 saturated heterocycles. The Kier molecular flexibility index (Phi) is 7.14. The summed E-state index contributed by atoms with van der Waals surface area (Å²) in [4.78, 5) is 4.31. The molecule has 0 amide bonds. The van der Waals surface area contributed by atoms with E-state index in [-0.39, 0.29) is 12.1 Å². The first-order valence-electron chi connectivity index (χ1n) is 9.62. The van der Waals surface area contributed by atoms with Gasteiger partial charge < -0.3 is 24.8 Å². The Labute approximate surface area is 156 Å². The topological polar surface area (TPSA) is 64.1 Å². The van der Waals surface area contributed by atoms with Gasteiger partial charge in [0.2, 0.25) is 0 Å². The first kappa shape index (κ1) is 19.0. The van der Waals surface area contributed by atoms with Crippen LogP contribution < -0.4 is 15.4 Å². The monoisotopic (exact) mass is 361 g/mol. The van der Waals surface area contributed by atoms with Gasteiger partial charge in [0.25, 0.3) is 0 Å². The van der Waals surface area contributed by atoms with Crippen LogP contribution in [0.3, 0.4) is 0 Å². The van der Waals surface area contributed by atoms with E-state index in [0.29, 0.717) is 19.8 Å². The van der Waals surface area contributed by atoms with Gasteiger partial charge in [0, 0.05) is 31.8 Å². The van der Waals surface area contributed by atoms with Crippen LogP contribution in [0.25, 0.3) is 0 Å². The van der Waals surface area contributed by atoms with E-state index in [4.69, 9.17) is 14.2 Å². The molecule has 2 unspecified atom stereocenters. The summed E-state index contributed by atoms with van der Waals surface area (Å²) >= 11 is 0. The number of nitrogens with zero attached hydrogens (tertiary/aromatic N) is 1. The molecule has 2 atom stereocenters. The van der Waals surface area contributed by atoms with Crippen LogP contribution in [-0.4, -0.2) is 51.6 Å². The quantitative estimate of drug-likeness (QED) is 0.522. The smallest absolute Gasteiger partial charge is 0.191 e. The number of hydrogen-bond donors (Lipinski definition) is 2. The number of benzene rings is 1. The molecule has 6 heteroatoms. The predicted octanol–water partition coefficient (Wildman–Crippen LogP) is 2.33. The molecule has 3 rings (SSSR count). The lowest BCUT2D eigenvalue weighted by Crippen LogP contribution is -2.44. The Morgan fingerprint density at radius 3 is 2.88 bits per heavy atom. The van der Waals surface area contributed by atoms with E-state index in [1.165, 1.54) is 12.8 Å². The minimum absolute atomic E-state index is 0.170. The van der Waals surface area contributed by atoms with E-state index in [0.717, 1.165) is 42.8 Å². The molecule has 26 heavy (non-hydrogen) atoms. The molecule has 1 saturated carbocycles. The van der Waals surface area contributed by atoms with Crippen molar-refractivity contribution in [2.24, 2.45) is 10.9 Å². The van der Waals surface area contributed by atoms with Gasteiger partial charge in [0.15, 0.2) is 5.96 Å². The number of guanidine groups is 1. The van der Waals surface area contributed by atoms with Gasteiger partial charge >= 0.3 is 0 Å². The van der Waals surface area contributed by atoms with Crippen LogP contribution in [0.2, 0.25) is 0 Å². The van der Waals surface area contributed by atoms with E-state index < -0.39 is 0 Å². The van der Waals surface area contributed by atoms with Crippen LogP contribution in [0.1, 0.15) is 31.7 Å². The van der Waals surface area contributed by atoms with Crippen LogP contribution in [0, 0.1) is 5.92 Å². The zero-order chi connectivity index (χ0) is 18.2. The lowest BCUT2D eigenvalue weighted by molar-refractivity contribution is 0.0347. The largest absolute Gasteiger partial charge is 0.493 e. The van der Waals surface area contributed by atoms with Crippen molar-refractivity contribution < 1.29 is 14.2 Å². The van der Waals surface area contributed by atoms with E-state index in [9.17, 15) is 0 Å². The number of aliphatic imine (C=N–C) groups is 1. The summed E-state index contributed by atoms with van der Waals surface area (Å²) in [5.41, 5.74) is 1.14. The van der Waals surface area contributed by atoms with Crippen molar-refractivity contribution in [3.05, 3.63) is 29.8 Å². The summed E-state index contributed by atoms with van der Waals surface area (Å²) in [5, 5.41) is 6.74. The van der Waals surface area contributed by atoms with Crippen molar-refractivity contribution in [2.75, 3.05) is 33.5 Å². The highest BCUT2D eigenvalue weighted by Crippen LogP contribution is 2.30. The molecule has 1 aromatic rings. The SMILES string of the molecule is CN=C(NCc1ccccc1OCC1CC1)NC(C)COC1CCOC1. The van der Waals surface area contributed by atoms with Gasteiger partial charge in [-0.05, 0) is 38.2 Å². The molecule has 0 bridgehead atoms. The van der Waals surface area contributed by atoms with Crippen molar-refractivity contribution in [1.29, 1.82) is 0 Å². The van der Waals surface area contributed by atoms with Crippen molar-refractivity contribution in [3.63, 3.8) is 0 Å². The van der Waals surface area contributed by atoms with Gasteiger partial charge in [-0.25, -0.2) is 0 Å². The van der Waals surface area contributed by atoms with E-state index in [2.05, 4.69) is 28.6 Å². The van der Waals surface area contributed by atoms with Gasteiger partial charge in [0.05, 0.1) is 25.9 Å². The molecule has 2 aliphatic rings. The molecule has 6 nitrogen and oxygen atoms in total. The Morgan fingerprint density at radius 2 is 2.15 bits per heavy atom. The molecule has 2 fully saturated rings. The van der Waals surface area contributed by atoms with Crippen LogP contribution in [-0.2, 0) is 16.0 Å². The minimum Gasteiger partial charge on any atom is -0.493 e. The van der Waals surface area contributed by atoms with Gasteiger partial charge in [-0.2, -0.15) is 0 Å². The van der Waals surface area contributed by atoms with Gasteiger partial charge in [0.1, 0.15) is 5.75 Å². The normalized spacial score (nSPS) is 21.5. The van der Waals surface area contributed by atoms with E-state index in [1.807, 2.05) is 18.2 Å². The van der Waals surface area contributed by atoms with Crippen molar-refractivity contribution in [1.82, 2.24) is 10.6 Å². The number of ether oxygens (including phenoxy) is 3. The average Bonchev–Trinajstić information content (AvgIpc) is 3.35. The Bertz CT molecular complexity index is 583. The Morgan fingerprint density at radius 1 is 1.31 bits per heavy atom. The fourth-order valence-electron chi connectivity index (χ4n) is 2.86. The highest BCUT2D eigenvalue weighted by atomic mass is 16.5. The molecular formula is C20H31N3O3. The maximum atomic E-state index is 5.97. The standard InChI is InChI=1S/C20H31N3O3/c1-15(12-25-18-9-10-24-14-18)23-20(21-2)22-11-17-5-3-4-6-19(17)26-13-16-7-8-16/h3-6,15-16,18H,7-14H2,1-2H3,(H2,21,22,23). The molecular weight excluding hydrogens is 330 g/mol. The highest BCUT2D eigenvalue weighted by molar-refractivity contribution is 5.80. The van der Waals surface area contributed by atoms with Gasteiger partial charge in [-0.15, -0.1) is 0 Å². The summed E-state index contributed by atoms with van der Waals surface area (Å²) in [6, 6.07) is 8.36. The summed E-state index contributed by atoms with van der Waals surface area (Å²) in [5.74, 6) is 2.47. The Hall–Kier alpha value is -1.79. The molecule has 1 aliphatic carbocycles. The number of hydrogen-bond acceptors (Lipinski definition) is 4. The second-order valence-electron chi connectivity index (χ2n) is 7.15. The molecule has 0 aromatic heterocycles. The fraction of sp³-hybridized carbons (Fsp3) is 0.650. The molecule has 144 valence electrons. The average molecular weight is 361 g/mol. The molecule has 0 radical (unpaired) electrons. The first-order chi connectivity index (χ1) is 12.7. The second-order valence-corrected chi connectivity index (χ2v) is 7.15. The second kappa shape index (κ2) is 9.78. The van der Waals surface area contributed by atoms with Crippen molar-refractivity contribution in [3.8, 4) is 5.75 Å². The van der Waals surface area contributed by atoms with Gasteiger partial charge in [-0.3, -0.25) is 4.99 Å². The van der Waals surface area contributed by atoms with Crippen LogP contribution in [0.4, 0.5) is 0 Å². The summed E-state index contributed by atoms with van der Waals surface area (Å²) < 4.78 is 17.2. The molecule has 1 heterocycles. The Balaban J connectivity index is 1.43. The predicted molar refractivity (Wildman–Crippen MR) is 103 cm³/mol.